The molecule has 0 unspecified atom stereocenters. The molecule has 0 bridgehead atoms. The first kappa shape index (κ1) is 11.1. The molecule has 4 heteroatoms. The zero-order valence-electron chi connectivity index (χ0n) is 8.74. The largest absolute Gasteiger partial charge is 0.398 e. The molecule has 0 saturated carbocycles. The second-order valence-electron chi connectivity index (χ2n) is 3.54. The van der Waals surface area contributed by atoms with Crippen LogP contribution in [0.3, 0.4) is 0 Å². The molecule has 17 heavy (non-hydrogen) atoms. The van der Waals surface area contributed by atoms with Crippen LogP contribution in [0, 0.1) is 23.0 Å². The lowest BCUT2D eigenvalue weighted by molar-refractivity contribution is 0.509. The van der Waals surface area contributed by atoms with Gasteiger partial charge in [-0.15, -0.1) is 0 Å². The summed E-state index contributed by atoms with van der Waals surface area (Å²) in [7, 11) is 0. The smallest absolute Gasteiger partial charge is 0.159 e. The Kier molecular flexibility index (Phi) is 2.75. The number of hydrogen-bond acceptors (Lipinski definition) is 2. The second-order valence-corrected chi connectivity index (χ2v) is 3.54. The van der Waals surface area contributed by atoms with E-state index < -0.39 is 11.6 Å². The summed E-state index contributed by atoms with van der Waals surface area (Å²) >= 11 is 0. The van der Waals surface area contributed by atoms with Crippen LogP contribution < -0.4 is 5.73 Å². The summed E-state index contributed by atoms with van der Waals surface area (Å²) in [6, 6.07) is 10.3. The minimum atomic E-state index is -0.912. The molecule has 2 nitrogen and oxygen atoms in total. The summed E-state index contributed by atoms with van der Waals surface area (Å²) in [5, 5.41) is 8.72. The molecule has 84 valence electrons. The number of anilines is 1. The fraction of sp³-hybridized carbons (Fsp3) is 0. The molecule has 0 heterocycles. The molecule has 0 fully saturated rings. The van der Waals surface area contributed by atoms with Gasteiger partial charge in [-0.2, -0.15) is 5.26 Å². The summed E-state index contributed by atoms with van der Waals surface area (Å²) in [4.78, 5) is 0. The number of nitriles is 1. The molecular weight excluding hydrogens is 222 g/mol. The average Bonchev–Trinajstić information content (AvgIpc) is 2.32. The lowest BCUT2D eigenvalue weighted by Crippen LogP contribution is -1.91. The van der Waals surface area contributed by atoms with Gasteiger partial charge in [-0.25, -0.2) is 8.78 Å². The van der Waals surface area contributed by atoms with Crippen molar-refractivity contribution in [2.24, 2.45) is 0 Å². The van der Waals surface area contributed by atoms with Crippen molar-refractivity contribution >= 4 is 5.69 Å². The number of halogens is 2. The predicted octanol–water partition coefficient (Wildman–Crippen LogP) is 3.09. The summed E-state index contributed by atoms with van der Waals surface area (Å²) in [6.45, 7) is 0. The Morgan fingerprint density at radius 3 is 2.18 bits per heavy atom. The fourth-order valence-corrected chi connectivity index (χ4v) is 1.52. The molecule has 0 aliphatic rings. The third-order valence-electron chi connectivity index (χ3n) is 2.42. The van der Waals surface area contributed by atoms with E-state index in [-0.39, 0.29) is 0 Å². The van der Waals surface area contributed by atoms with Crippen LogP contribution in [0.25, 0.3) is 11.1 Å². The second kappa shape index (κ2) is 4.22. The van der Waals surface area contributed by atoms with Crippen molar-refractivity contribution in [3.05, 3.63) is 53.6 Å². The van der Waals surface area contributed by atoms with Crippen LogP contribution in [0.15, 0.2) is 36.4 Å². The van der Waals surface area contributed by atoms with Gasteiger partial charge in [-0.05, 0) is 35.4 Å². The van der Waals surface area contributed by atoms with Crippen molar-refractivity contribution in [2.45, 2.75) is 0 Å². The molecule has 2 aromatic carbocycles. The topological polar surface area (TPSA) is 49.8 Å². The molecule has 2 N–H and O–H groups in total. The van der Waals surface area contributed by atoms with E-state index in [0.29, 0.717) is 22.4 Å². The Balaban J connectivity index is 2.50. The maximum Gasteiger partial charge on any atom is 0.159 e. The molecule has 0 spiro atoms. The van der Waals surface area contributed by atoms with Gasteiger partial charge in [-0.1, -0.05) is 12.1 Å². The summed E-state index contributed by atoms with van der Waals surface area (Å²) in [5.41, 5.74) is 7.47. The molecule has 2 aromatic rings. The Bertz CT molecular complexity index is 615. The number of nitrogens with zero attached hydrogens (tertiary/aromatic N) is 1. The lowest BCUT2D eigenvalue weighted by atomic mass is 10.0. The van der Waals surface area contributed by atoms with E-state index in [2.05, 4.69) is 0 Å². The van der Waals surface area contributed by atoms with Gasteiger partial charge >= 0.3 is 0 Å². The molecule has 0 atom stereocenters. The fourth-order valence-electron chi connectivity index (χ4n) is 1.52. The molecular formula is C13H8F2N2. The standard InChI is InChI=1S/C13H8F2N2/c14-11-4-3-8(5-12(11)15)9-1-2-10(7-16)13(17)6-9/h1-6H,17H2. The minimum absolute atomic E-state index is 0.315. The van der Waals surface area contributed by atoms with Crippen molar-refractivity contribution in [3.63, 3.8) is 0 Å². The molecule has 2 rings (SSSR count). The average molecular weight is 230 g/mol. The lowest BCUT2D eigenvalue weighted by Gasteiger charge is -2.04. The van der Waals surface area contributed by atoms with Crippen molar-refractivity contribution in [1.29, 1.82) is 5.26 Å². The first-order valence-corrected chi connectivity index (χ1v) is 4.87. The van der Waals surface area contributed by atoms with Gasteiger partial charge in [0.05, 0.1) is 11.3 Å². The zero-order valence-corrected chi connectivity index (χ0v) is 8.74. The predicted molar refractivity (Wildman–Crippen MR) is 60.9 cm³/mol. The van der Waals surface area contributed by atoms with Crippen molar-refractivity contribution in [3.8, 4) is 17.2 Å². The van der Waals surface area contributed by atoms with E-state index in [1.807, 2.05) is 6.07 Å². The van der Waals surface area contributed by atoms with Gasteiger partial charge in [0.15, 0.2) is 11.6 Å². The van der Waals surface area contributed by atoms with Gasteiger partial charge < -0.3 is 5.73 Å². The Hall–Kier alpha value is -2.41. The van der Waals surface area contributed by atoms with E-state index in [1.165, 1.54) is 6.07 Å². The summed E-state index contributed by atoms with van der Waals surface area (Å²) < 4.78 is 25.8. The SMILES string of the molecule is N#Cc1ccc(-c2ccc(F)c(F)c2)cc1N. The maximum atomic E-state index is 13.1. The van der Waals surface area contributed by atoms with Gasteiger partial charge in [0.1, 0.15) is 6.07 Å². The first-order chi connectivity index (χ1) is 8.11. The van der Waals surface area contributed by atoms with Crippen LogP contribution >= 0.6 is 0 Å². The highest BCUT2D eigenvalue weighted by molar-refractivity contribution is 5.70. The van der Waals surface area contributed by atoms with Crippen LogP contribution in [0.5, 0.6) is 0 Å². The first-order valence-electron chi connectivity index (χ1n) is 4.87. The monoisotopic (exact) mass is 230 g/mol. The van der Waals surface area contributed by atoms with E-state index in [0.717, 1.165) is 12.1 Å². The van der Waals surface area contributed by atoms with E-state index in [9.17, 15) is 8.78 Å². The molecule has 0 aliphatic carbocycles. The Morgan fingerprint density at radius 2 is 1.59 bits per heavy atom. The van der Waals surface area contributed by atoms with E-state index >= 15 is 0 Å². The number of benzene rings is 2. The third-order valence-corrected chi connectivity index (χ3v) is 2.42. The molecule has 0 aromatic heterocycles. The highest BCUT2D eigenvalue weighted by Crippen LogP contribution is 2.25. The zero-order chi connectivity index (χ0) is 12.4. The third kappa shape index (κ3) is 2.08. The van der Waals surface area contributed by atoms with Gasteiger partial charge in [0.25, 0.3) is 0 Å². The van der Waals surface area contributed by atoms with Gasteiger partial charge in [0.2, 0.25) is 0 Å². The van der Waals surface area contributed by atoms with Crippen LogP contribution in [0.4, 0.5) is 14.5 Å². The molecule has 0 radical (unpaired) electrons. The van der Waals surface area contributed by atoms with E-state index in [1.54, 1.807) is 18.2 Å². The maximum absolute atomic E-state index is 13.1. The number of rotatable bonds is 1. The molecule has 0 saturated heterocycles. The van der Waals surface area contributed by atoms with Gasteiger partial charge in [0, 0.05) is 0 Å². The molecule has 0 amide bonds. The molecule has 0 aliphatic heterocycles. The van der Waals surface area contributed by atoms with E-state index in [4.69, 9.17) is 11.0 Å². The quantitative estimate of drug-likeness (QED) is 0.765. The number of hydrogen-bond donors (Lipinski definition) is 1. The normalized spacial score (nSPS) is 9.94. The highest BCUT2D eigenvalue weighted by atomic mass is 19.2. The highest BCUT2D eigenvalue weighted by Gasteiger charge is 2.06. The Labute approximate surface area is 96.9 Å². The Morgan fingerprint density at radius 1 is 0.941 bits per heavy atom. The van der Waals surface area contributed by atoms with Crippen LogP contribution in [0.1, 0.15) is 5.56 Å². The van der Waals surface area contributed by atoms with Crippen molar-refractivity contribution < 1.29 is 8.78 Å². The number of nitrogen functional groups attached to an aromatic ring is 1. The van der Waals surface area contributed by atoms with Crippen molar-refractivity contribution in [1.82, 2.24) is 0 Å². The summed E-state index contributed by atoms with van der Waals surface area (Å²) in [6.07, 6.45) is 0. The van der Waals surface area contributed by atoms with Crippen LogP contribution in [-0.2, 0) is 0 Å². The number of nitrogens with two attached hydrogens (primary N) is 1. The summed E-state index contributed by atoms with van der Waals surface area (Å²) in [5.74, 6) is -1.80. The van der Waals surface area contributed by atoms with Crippen LogP contribution in [0.2, 0.25) is 0 Å². The van der Waals surface area contributed by atoms with Crippen molar-refractivity contribution in [2.75, 3.05) is 5.73 Å². The van der Waals surface area contributed by atoms with Crippen LogP contribution in [-0.4, -0.2) is 0 Å². The van der Waals surface area contributed by atoms with Gasteiger partial charge in [-0.3, -0.25) is 0 Å². The minimum Gasteiger partial charge on any atom is -0.398 e.